The maximum Gasteiger partial charge on any atom is 0.330 e. The molecule has 4 aromatic rings. The first-order chi connectivity index (χ1) is 19.4. The van der Waals surface area contributed by atoms with Crippen LogP contribution < -0.4 is 0 Å². The summed E-state index contributed by atoms with van der Waals surface area (Å²) in [5, 5.41) is 12.4. The van der Waals surface area contributed by atoms with Crippen LogP contribution in [0, 0.1) is 10.1 Å². The summed E-state index contributed by atoms with van der Waals surface area (Å²) in [6.07, 6.45) is 0. The summed E-state index contributed by atoms with van der Waals surface area (Å²) in [4.78, 5) is 16.2. The van der Waals surface area contributed by atoms with Gasteiger partial charge in [0, 0.05) is 26.2 Å². The second kappa shape index (κ2) is 14.6. The van der Waals surface area contributed by atoms with Crippen molar-refractivity contribution < 1.29 is 4.92 Å². The van der Waals surface area contributed by atoms with Gasteiger partial charge in [-0.05, 0) is 22.3 Å². The van der Waals surface area contributed by atoms with E-state index in [-0.39, 0.29) is 15.2 Å². The van der Waals surface area contributed by atoms with Crippen LogP contribution >= 0.6 is 34.8 Å². The molecule has 0 aliphatic rings. The lowest BCUT2D eigenvalue weighted by Gasteiger charge is -2.36. The summed E-state index contributed by atoms with van der Waals surface area (Å²) in [6, 6.07) is 39.3. The maximum absolute atomic E-state index is 12.8. The van der Waals surface area contributed by atoms with Gasteiger partial charge in [0.25, 0.3) is 0 Å². The van der Waals surface area contributed by atoms with E-state index in [0.717, 1.165) is 22.3 Å². The molecule has 0 aromatic heterocycles. The van der Waals surface area contributed by atoms with Gasteiger partial charge in [0.15, 0.2) is 10.9 Å². The smallest absolute Gasteiger partial charge is 0.330 e. The number of halogens is 3. The van der Waals surface area contributed by atoms with Crippen molar-refractivity contribution in [1.82, 2.24) is 9.80 Å². The van der Waals surface area contributed by atoms with Crippen LogP contribution in [0.5, 0.6) is 0 Å². The highest BCUT2D eigenvalue weighted by Crippen LogP contribution is 2.33. The van der Waals surface area contributed by atoms with Crippen LogP contribution in [0.2, 0.25) is 0 Å². The number of rotatable bonds is 12. The molecule has 0 heterocycles. The Labute approximate surface area is 249 Å². The monoisotopic (exact) mass is 591 g/mol. The number of hydrogen-bond donors (Lipinski definition) is 0. The third-order valence-corrected chi connectivity index (χ3v) is 7.17. The van der Waals surface area contributed by atoms with Crippen LogP contribution in [0.15, 0.2) is 142 Å². The van der Waals surface area contributed by atoms with E-state index in [9.17, 15) is 10.1 Å². The van der Waals surface area contributed by atoms with Crippen molar-refractivity contribution in [3.05, 3.63) is 175 Å². The van der Waals surface area contributed by atoms with Gasteiger partial charge in [-0.15, -0.1) is 0 Å². The van der Waals surface area contributed by atoms with Gasteiger partial charge in [-0.1, -0.05) is 156 Å². The molecule has 0 radical (unpaired) electrons. The highest BCUT2D eigenvalue weighted by Gasteiger charge is 2.33. The van der Waals surface area contributed by atoms with Gasteiger partial charge in [-0.25, -0.2) is 0 Å². The van der Waals surface area contributed by atoms with E-state index in [2.05, 4.69) is 0 Å². The molecule has 0 aliphatic heterocycles. The van der Waals surface area contributed by atoms with Gasteiger partial charge >= 0.3 is 5.70 Å². The average molecular weight is 593 g/mol. The lowest BCUT2D eigenvalue weighted by Crippen LogP contribution is -2.37. The molecule has 4 rings (SSSR count). The topological polar surface area (TPSA) is 49.6 Å². The fourth-order valence-corrected chi connectivity index (χ4v) is 4.81. The average Bonchev–Trinajstić information content (AvgIpc) is 2.97. The Morgan fingerprint density at radius 1 is 0.550 bits per heavy atom. The largest absolute Gasteiger partial charge is 0.344 e. The van der Waals surface area contributed by atoms with Gasteiger partial charge in [0.05, 0.1) is 4.92 Å². The van der Waals surface area contributed by atoms with Crippen molar-refractivity contribution in [3.8, 4) is 0 Å². The second-order valence-electron chi connectivity index (χ2n) is 9.16. The summed E-state index contributed by atoms with van der Waals surface area (Å²) < 4.78 is -0.371. The van der Waals surface area contributed by atoms with Gasteiger partial charge in [0.2, 0.25) is 0 Å². The summed E-state index contributed by atoms with van der Waals surface area (Å²) in [7, 11) is 0. The third kappa shape index (κ3) is 8.12. The van der Waals surface area contributed by atoms with Crippen LogP contribution in [0.1, 0.15) is 22.3 Å². The van der Waals surface area contributed by atoms with E-state index in [1.807, 2.05) is 131 Å². The first-order valence-corrected chi connectivity index (χ1v) is 13.8. The van der Waals surface area contributed by atoms with Crippen molar-refractivity contribution in [2.45, 2.75) is 26.2 Å². The number of allylic oxidation sites excluding steroid dienone is 1. The molecular weight excluding hydrogens is 565 g/mol. The Morgan fingerprint density at radius 3 is 1.05 bits per heavy atom. The van der Waals surface area contributed by atoms with E-state index in [0.29, 0.717) is 32.0 Å². The number of benzene rings is 4. The quantitative estimate of drug-likeness (QED) is 0.0938. The summed E-state index contributed by atoms with van der Waals surface area (Å²) in [6.45, 7) is 1.53. The van der Waals surface area contributed by atoms with Crippen LogP contribution in [0.4, 0.5) is 0 Å². The number of nitrogens with zero attached hydrogens (tertiary/aromatic N) is 3. The molecule has 40 heavy (non-hydrogen) atoms. The highest BCUT2D eigenvalue weighted by atomic mass is 35.5. The predicted octanol–water partition coefficient (Wildman–Crippen LogP) is 8.72. The Hall–Kier alpha value is -3.77. The normalized spacial score (nSPS) is 10.5. The molecule has 0 N–H and O–H groups in total. The highest BCUT2D eigenvalue weighted by molar-refractivity contribution is 6.59. The number of hydrogen-bond acceptors (Lipinski definition) is 4. The molecule has 0 aliphatic carbocycles. The molecule has 0 unspecified atom stereocenters. The van der Waals surface area contributed by atoms with Crippen LogP contribution in [-0.2, 0) is 26.2 Å². The van der Waals surface area contributed by atoms with Gasteiger partial charge in [-0.3, -0.25) is 10.1 Å². The van der Waals surface area contributed by atoms with Crippen molar-refractivity contribution in [2.75, 3.05) is 0 Å². The fourth-order valence-electron chi connectivity index (χ4n) is 4.48. The molecule has 0 saturated carbocycles. The van der Waals surface area contributed by atoms with E-state index < -0.39 is 4.92 Å². The molecule has 0 spiro atoms. The van der Waals surface area contributed by atoms with Gasteiger partial charge in [0.1, 0.15) is 4.49 Å². The van der Waals surface area contributed by atoms with E-state index in [1.54, 1.807) is 0 Å². The summed E-state index contributed by atoms with van der Waals surface area (Å²) in [5.41, 5.74) is 3.57. The van der Waals surface area contributed by atoms with E-state index in [1.165, 1.54) is 0 Å². The summed E-state index contributed by atoms with van der Waals surface area (Å²) in [5.74, 6) is 0.314. The molecule has 8 heteroatoms. The lowest BCUT2D eigenvalue weighted by molar-refractivity contribution is -0.423. The molecule has 0 bridgehead atoms. The van der Waals surface area contributed by atoms with Crippen molar-refractivity contribution in [2.24, 2.45) is 0 Å². The first kappa shape index (κ1) is 29.2. The Kier molecular flexibility index (Phi) is 10.6. The minimum atomic E-state index is -0.506. The standard InChI is InChI=1S/C32H28Cl3N3O2/c33-29(31(34)35)30(38(39)40)32(36(21-25-13-5-1-6-14-25)22-26-15-7-2-8-16-26)37(23-27-17-9-3-10-18-27)24-28-19-11-4-12-20-28/h1-20H,21-24H2. The predicted molar refractivity (Wildman–Crippen MR) is 163 cm³/mol. The Balaban J connectivity index is 1.96. The molecular formula is C32H28Cl3N3O2. The van der Waals surface area contributed by atoms with Gasteiger partial charge < -0.3 is 9.80 Å². The fraction of sp³-hybridized carbons (Fsp3) is 0.125. The van der Waals surface area contributed by atoms with Crippen LogP contribution in [-0.4, -0.2) is 14.7 Å². The molecule has 0 saturated heterocycles. The molecule has 204 valence electrons. The molecule has 0 atom stereocenters. The van der Waals surface area contributed by atoms with Crippen LogP contribution in [0.3, 0.4) is 0 Å². The first-order valence-electron chi connectivity index (χ1n) is 12.7. The maximum atomic E-state index is 12.8. The van der Waals surface area contributed by atoms with Crippen molar-refractivity contribution in [3.63, 3.8) is 0 Å². The third-order valence-electron chi connectivity index (χ3n) is 6.23. The van der Waals surface area contributed by atoms with E-state index in [4.69, 9.17) is 34.8 Å². The zero-order valence-electron chi connectivity index (χ0n) is 21.7. The minimum Gasteiger partial charge on any atom is -0.344 e. The lowest BCUT2D eigenvalue weighted by atomic mass is 10.1. The van der Waals surface area contributed by atoms with Crippen molar-refractivity contribution in [1.29, 1.82) is 0 Å². The summed E-state index contributed by atoms with van der Waals surface area (Å²) >= 11 is 18.7. The molecule has 0 amide bonds. The number of nitro groups is 1. The SMILES string of the molecule is O=[N+]([O-])C(C(Cl)=C(Cl)Cl)=C(N(Cc1ccccc1)Cc1ccccc1)N(Cc1ccccc1)Cc1ccccc1. The molecule has 5 nitrogen and oxygen atoms in total. The Bertz CT molecular complexity index is 1270. The molecule has 4 aromatic carbocycles. The minimum absolute atomic E-state index is 0.314. The van der Waals surface area contributed by atoms with Crippen molar-refractivity contribution >= 4 is 34.8 Å². The zero-order valence-corrected chi connectivity index (χ0v) is 23.9. The zero-order chi connectivity index (χ0) is 28.3. The molecule has 0 fully saturated rings. The second-order valence-corrected chi connectivity index (χ2v) is 10.5. The Morgan fingerprint density at radius 2 is 0.825 bits per heavy atom. The van der Waals surface area contributed by atoms with Crippen LogP contribution in [0.25, 0.3) is 0 Å². The van der Waals surface area contributed by atoms with Gasteiger partial charge in [-0.2, -0.15) is 0 Å². The van der Waals surface area contributed by atoms with E-state index >= 15 is 0 Å².